The van der Waals surface area contributed by atoms with E-state index in [0.717, 1.165) is 0 Å². The molecule has 4 atom stereocenters. The third-order valence-corrected chi connectivity index (χ3v) is 6.58. The normalized spacial score (nSPS) is 26.1. The van der Waals surface area contributed by atoms with Crippen LogP contribution in [0.25, 0.3) is 0 Å². The van der Waals surface area contributed by atoms with Crippen LogP contribution in [0.3, 0.4) is 0 Å². The molecule has 4 unspecified atom stereocenters. The number of nitrogens with zero attached hydrogens (tertiary/aromatic N) is 6. The molecule has 2 aromatic carbocycles. The Labute approximate surface area is 225 Å². The lowest BCUT2D eigenvalue weighted by molar-refractivity contribution is -0.385. The van der Waals surface area contributed by atoms with Gasteiger partial charge in [-0.1, -0.05) is 0 Å². The number of Topliss-reactive ketones (excluding diaryl/α,β-unsaturated/α-hetero) is 1. The summed E-state index contributed by atoms with van der Waals surface area (Å²) in [5.74, 6) is -2.26. The molecule has 0 spiro atoms. The third-order valence-electron chi connectivity index (χ3n) is 6.58. The Balaban J connectivity index is 1.30. The van der Waals surface area contributed by atoms with Gasteiger partial charge in [-0.15, -0.1) is 10.2 Å². The van der Waals surface area contributed by atoms with Crippen molar-refractivity contribution in [2.45, 2.75) is 12.2 Å². The Morgan fingerprint density at radius 2 is 1.23 bits per heavy atom. The predicted octanol–water partition coefficient (Wildman–Crippen LogP) is 1.67. The highest BCUT2D eigenvalue weighted by Crippen LogP contribution is 2.35. The van der Waals surface area contributed by atoms with Crippen molar-refractivity contribution in [1.82, 2.24) is 10.0 Å². The molecule has 0 aromatic heterocycles. The van der Waals surface area contributed by atoms with Crippen LogP contribution in [-0.4, -0.2) is 74.0 Å². The minimum atomic E-state index is -1.55. The van der Waals surface area contributed by atoms with Gasteiger partial charge in [0.05, 0.1) is 21.9 Å². The van der Waals surface area contributed by atoms with Crippen molar-refractivity contribution in [2.75, 3.05) is 14.1 Å². The number of hydrogen-bond donors (Lipinski definition) is 2. The van der Waals surface area contributed by atoms with E-state index in [0.29, 0.717) is 11.1 Å². The quantitative estimate of drug-likeness (QED) is 0.392. The summed E-state index contributed by atoms with van der Waals surface area (Å²) in [6.07, 6.45) is -0.143. The van der Waals surface area contributed by atoms with Gasteiger partial charge in [-0.05, 0) is 36.4 Å². The van der Waals surface area contributed by atoms with Crippen LogP contribution in [0.4, 0.5) is 11.4 Å². The van der Waals surface area contributed by atoms with Crippen LogP contribution in [0.5, 0.6) is 0 Å². The van der Waals surface area contributed by atoms with Crippen molar-refractivity contribution in [3.63, 3.8) is 0 Å². The van der Waals surface area contributed by atoms with Gasteiger partial charge in [0.25, 0.3) is 11.4 Å². The van der Waals surface area contributed by atoms with Crippen LogP contribution in [-0.2, 0) is 14.3 Å². The number of rotatable bonds is 6. The van der Waals surface area contributed by atoms with E-state index in [-0.39, 0.29) is 34.9 Å². The number of nitro groups is 2. The maximum atomic E-state index is 12.9. The number of non-ortho nitro benzene ring substituents is 2. The molecule has 2 heterocycles. The maximum Gasteiger partial charge on any atom is 0.269 e. The summed E-state index contributed by atoms with van der Waals surface area (Å²) in [6.45, 7) is 0. The molecule has 0 amide bonds. The highest BCUT2D eigenvalue weighted by atomic mass is 16.6. The van der Waals surface area contributed by atoms with Gasteiger partial charge in [0, 0.05) is 55.4 Å². The minimum Gasteiger partial charge on any atom is -0.419 e. The van der Waals surface area contributed by atoms with Crippen LogP contribution in [0.1, 0.15) is 11.1 Å². The lowest BCUT2D eigenvalue weighted by atomic mass is 9.99. The summed E-state index contributed by atoms with van der Waals surface area (Å²) in [5.41, 5.74) is 0.747. The van der Waals surface area contributed by atoms with E-state index < -0.39 is 39.7 Å². The van der Waals surface area contributed by atoms with Crippen molar-refractivity contribution in [2.24, 2.45) is 22.0 Å². The number of nitro benzene ring substituents is 2. The molecule has 1 aliphatic carbocycles. The fourth-order valence-corrected chi connectivity index (χ4v) is 4.38. The summed E-state index contributed by atoms with van der Waals surface area (Å²) in [6, 6.07) is 11.1. The number of hydrazone groups is 2. The van der Waals surface area contributed by atoms with Crippen LogP contribution in [0, 0.1) is 32.1 Å². The van der Waals surface area contributed by atoms with E-state index in [1.165, 1.54) is 70.7 Å². The molecule has 0 bridgehead atoms. The van der Waals surface area contributed by atoms with E-state index in [1.807, 2.05) is 0 Å². The Bertz CT molecular complexity index is 1500. The van der Waals surface area contributed by atoms with Gasteiger partial charge in [0.1, 0.15) is 6.10 Å². The van der Waals surface area contributed by atoms with Crippen LogP contribution < -0.4 is 0 Å². The first-order valence-electron chi connectivity index (χ1n) is 11.9. The zero-order valence-electron chi connectivity index (χ0n) is 21.0. The molecular formula is C25H22N6O9. The maximum absolute atomic E-state index is 12.9. The summed E-state index contributed by atoms with van der Waals surface area (Å²) in [7, 11) is 3.13. The number of carbonyl (C=O) groups excluding carboxylic acids is 1. The molecular weight excluding hydrogens is 528 g/mol. The number of aliphatic hydroxyl groups is 2. The molecule has 0 radical (unpaired) electrons. The Morgan fingerprint density at radius 3 is 1.65 bits per heavy atom. The molecule has 40 heavy (non-hydrogen) atoms. The van der Waals surface area contributed by atoms with Crippen molar-refractivity contribution in [3.8, 4) is 0 Å². The van der Waals surface area contributed by atoms with E-state index in [2.05, 4.69) is 10.2 Å². The van der Waals surface area contributed by atoms with E-state index >= 15 is 0 Å². The topological polar surface area (TPSA) is 193 Å². The van der Waals surface area contributed by atoms with Crippen LogP contribution >= 0.6 is 0 Å². The number of ketones is 1. The van der Waals surface area contributed by atoms with E-state index in [1.54, 1.807) is 14.1 Å². The van der Waals surface area contributed by atoms with Gasteiger partial charge in [-0.3, -0.25) is 25.0 Å². The predicted molar refractivity (Wildman–Crippen MR) is 137 cm³/mol. The summed E-state index contributed by atoms with van der Waals surface area (Å²) < 4.78 is 11.5. The van der Waals surface area contributed by atoms with Crippen LogP contribution in [0.2, 0.25) is 0 Å². The van der Waals surface area contributed by atoms with E-state index in [9.17, 15) is 35.2 Å². The fourth-order valence-electron chi connectivity index (χ4n) is 4.38. The van der Waals surface area contributed by atoms with Crippen molar-refractivity contribution >= 4 is 29.0 Å². The monoisotopic (exact) mass is 550 g/mol. The van der Waals surface area contributed by atoms with Crippen molar-refractivity contribution in [1.29, 1.82) is 0 Å². The molecule has 0 saturated heterocycles. The molecule has 2 aliphatic heterocycles. The standard InChI is InChI=1S/C25H22N6O9/c1-28-19(39-24(26-28)13-3-7-15(8-4-13)30(35)36)11-17-21(32)18(23(34)22(17)33)12-20-29(2)27-25(40-20)14-5-9-16(10-6-14)31(37)38/h3-12,17-18,21-22,32-33H,1-2H3/b19-11+,20-12+. The number of aliphatic hydroxyl groups excluding tert-OH is 2. The first-order chi connectivity index (χ1) is 19.0. The highest BCUT2D eigenvalue weighted by molar-refractivity contribution is 5.97. The molecule has 1 fully saturated rings. The van der Waals surface area contributed by atoms with Gasteiger partial charge in [0.2, 0.25) is 23.6 Å². The average molecular weight is 550 g/mol. The number of hydrogen-bond acceptors (Lipinski definition) is 13. The number of benzene rings is 2. The molecule has 15 heteroatoms. The first-order valence-corrected chi connectivity index (χ1v) is 11.9. The molecule has 5 rings (SSSR count). The summed E-state index contributed by atoms with van der Waals surface area (Å²) in [5, 5.41) is 54.6. The summed E-state index contributed by atoms with van der Waals surface area (Å²) >= 11 is 0. The molecule has 2 N–H and O–H groups in total. The Hall–Kier alpha value is -5.15. The minimum absolute atomic E-state index is 0.0931. The highest BCUT2D eigenvalue weighted by Gasteiger charge is 2.48. The summed E-state index contributed by atoms with van der Waals surface area (Å²) in [4.78, 5) is 33.6. The van der Waals surface area contributed by atoms with Crippen molar-refractivity contribution < 1.29 is 34.3 Å². The smallest absolute Gasteiger partial charge is 0.269 e. The zero-order valence-corrected chi connectivity index (χ0v) is 21.0. The van der Waals surface area contributed by atoms with Crippen LogP contribution in [0.15, 0.2) is 82.7 Å². The molecule has 1 saturated carbocycles. The average Bonchev–Trinajstić information content (AvgIpc) is 3.55. The zero-order chi connectivity index (χ0) is 28.7. The van der Waals surface area contributed by atoms with Gasteiger partial charge in [0.15, 0.2) is 5.78 Å². The second-order valence-corrected chi connectivity index (χ2v) is 9.12. The Morgan fingerprint density at radius 1 is 0.800 bits per heavy atom. The number of ether oxygens (including phenoxy) is 2. The fraction of sp³-hybridized carbons (Fsp3) is 0.240. The largest absolute Gasteiger partial charge is 0.419 e. The lowest BCUT2D eigenvalue weighted by Crippen LogP contribution is -2.25. The third kappa shape index (κ3) is 4.85. The van der Waals surface area contributed by atoms with Crippen molar-refractivity contribution in [3.05, 3.63) is 104 Å². The lowest BCUT2D eigenvalue weighted by Gasteiger charge is -2.17. The first kappa shape index (κ1) is 26.5. The van der Waals surface area contributed by atoms with Gasteiger partial charge in [-0.2, -0.15) is 0 Å². The van der Waals surface area contributed by atoms with E-state index in [4.69, 9.17) is 9.47 Å². The Kier molecular flexibility index (Phi) is 6.74. The SMILES string of the molecule is CN1N=C(c2ccc([N+](=O)[O-])cc2)O/C1=C/C1C(=O)C(O)C(/C=C2/OC(c3ccc([N+](=O)[O-])cc3)=NN2C)C1O. The second-order valence-electron chi connectivity index (χ2n) is 9.12. The second kappa shape index (κ2) is 10.2. The molecule has 2 aromatic rings. The van der Waals surface area contributed by atoms with Gasteiger partial charge in [-0.25, -0.2) is 10.0 Å². The molecule has 3 aliphatic rings. The van der Waals surface area contributed by atoms with Gasteiger partial charge >= 0.3 is 0 Å². The number of carbonyl (C=O) groups is 1. The molecule has 206 valence electrons. The molecule has 15 nitrogen and oxygen atoms in total. The van der Waals surface area contributed by atoms with Gasteiger partial charge < -0.3 is 19.7 Å².